The second-order valence-corrected chi connectivity index (χ2v) is 8.06. The van der Waals surface area contributed by atoms with Crippen LogP contribution < -0.4 is 0 Å². The summed E-state index contributed by atoms with van der Waals surface area (Å²) in [6.07, 6.45) is 11.8. The van der Waals surface area contributed by atoms with E-state index in [-0.39, 0.29) is 0 Å². The number of pyridine rings is 2. The van der Waals surface area contributed by atoms with Crippen molar-refractivity contribution in [3.63, 3.8) is 0 Å². The van der Waals surface area contributed by atoms with Crippen LogP contribution in [-0.4, -0.2) is 9.97 Å². The van der Waals surface area contributed by atoms with Crippen molar-refractivity contribution in [2.24, 2.45) is 0 Å². The van der Waals surface area contributed by atoms with E-state index in [0.29, 0.717) is 0 Å². The molecule has 5 aromatic rings. The first-order valence-electron chi connectivity index (χ1n) is 11.1. The third-order valence-electron chi connectivity index (χ3n) is 5.81. The molecular formula is C31H24N2. The first-order chi connectivity index (χ1) is 16.3. The number of hydrogen-bond acceptors (Lipinski definition) is 2. The van der Waals surface area contributed by atoms with E-state index in [1.807, 2.05) is 43.0 Å². The summed E-state index contributed by atoms with van der Waals surface area (Å²) in [5.41, 5.74) is 10.6. The average molecular weight is 425 g/mol. The summed E-state index contributed by atoms with van der Waals surface area (Å²) in [5, 5.41) is 0. The Hall–Kier alpha value is -4.30. The molecule has 0 N–H and O–H groups in total. The minimum atomic E-state index is 1.11. The molecule has 0 radical (unpaired) electrons. The zero-order chi connectivity index (χ0) is 22.5. The second-order valence-electron chi connectivity index (χ2n) is 8.06. The molecule has 0 aliphatic carbocycles. The first-order valence-corrected chi connectivity index (χ1v) is 11.1. The normalized spacial score (nSPS) is 11.1. The Labute approximate surface area is 195 Å². The Morgan fingerprint density at radius 2 is 1.18 bits per heavy atom. The zero-order valence-corrected chi connectivity index (χ0v) is 18.5. The SMILES string of the molecule is Cc1cc(-c2ccc(-c3cccnc3)c(/C=C/c3ccccc3)c2)ccc1-c1cccnc1. The van der Waals surface area contributed by atoms with Crippen molar-refractivity contribution in [1.82, 2.24) is 9.97 Å². The van der Waals surface area contributed by atoms with Gasteiger partial charge in [0.2, 0.25) is 0 Å². The molecule has 0 saturated heterocycles. The van der Waals surface area contributed by atoms with Gasteiger partial charge in [-0.25, -0.2) is 0 Å². The molecular weight excluding hydrogens is 400 g/mol. The third kappa shape index (κ3) is 4.65. The molecule has 0 fully saturated rings. The monoisotopic (exact) mass is 424 g/mol. The van der Waals surface area contributed by atoms with Crippen LogP contribution in [-0.2, 0) is 0 Å². The number of nitrogens with zero attached hydrogens (tertiary/aromatic N) is 2. The summed E-state index contributed by atoms with van der Waals surface area (Å²) in [6, 6.07) is 31.9. The second kappa shape index (κ2) is 9.46. The molecule has 2 nitrogen and oxygen atoms in total. The minimum Gasteiger partial charge on any atom is -0.264 e. The van der Waals surface area contributed by atoms with Gasteiger partial charge >= 0.3 is 0 Å². The highest BCUT2D eigenvalue weighted by molar-refractivity contribution is 5.84. The molecule has 3 aromatic carbocycles. The van der Waals surface area contributed by atoms with Gasteiger partial charge in [-0.15, -0.1) is 0 Å². The molecule has 0 unspecified atom stereocenters. The van der Waals surface area contributed by atoms with Gasteiger partial charge in [-0.3, -0.25) is 9.97 Å². The number of aryl methyl sites for hydroxylation is 1. The summed E-state index contributed by atoms with van der Waals surface area (Å²) in [4.78, 5) is 8.59. The zero-order valence-electron chi connectivity index (χ0n) is 18.5. The number of rotatable bonds is 5. The maximum Gasteiger partial charge on any atom is 0.0346 e. The molecule has 0 saturated carbocycles. The van der Waals surface area contributed by atoms with Crippen molar-refractivity contribution in [2.45, 2.75) is 6.92 Å². The summed E-state index contributed by atoms with van der Waals surface area (Å²) in [5.74, 6) is 0. The van der Waals surface area contributed by atoms with Crippen molar-refractivity contribution in [3.8, 4) is 33.4 Å². The van der Waals surface area contributed by atoms with Crippen LogP contribution in [0.25, 0.3) is 45.5 Å². The predicted octanol–water partition coefficient (Wildman–Crippen LogP) is 7.96. The number of hydrogen-bond donors (Lipinski definition) is 0. The molecule has 0 aliphatic heterocycles. The van der Waals surface area contributed by atoms with Crippen molar-refractivity contribution >= 4 is 12.2 Å². The van der Waals surface area contributed by atoms with Gasteiger partial charge in [0.15, 0.2) is 0 Å². The first kappa shape index (κ1) is 20.6. The Morgan fingerprint density at radius 1 is 0.545 bits per heavy atom. The maximum absolute atomic E-state index is 4.32. The van der Waals surface area contributed by atoms with Gasteiger partial charge in [-0.1, -0.05) is 84.9 Å². The van der Waals surface area contributed by atoms with Gasteiger partial charge < -0.3 is 0 Å². The largest absolute Gasteiger partial charge is 0.264 e. The highest BCUT2D eigenvalue weighted by atomic mass is 14.6. The lowest BCUT2D eigenvalue weighted by Crippen LogP contribution is -1.89. The molecule has 2 heterocycles. The third-order valence-corrected chi connectivity index (χ3v) is 5.81. The lowest BCUT2D eigenvalue weighted by atomic mass is 9.92. The Balaban J connectivity index is 1.56. The van der Waals surface area contributed by atoms with E-state index in [9.17, 15) is 0 Å². The van der Waals surface area contributed by atoms with Gasteiger partial charge in [0.1, 0.15) is 0 Å². The average Bonchev–Trinajstić information content (AvgIpc) is 2.89. The topological polar surface area (TPSA) is 25.8 Å². The smallest absolute Gasteiger partial charge is 0.0346 e. The van der Waals surface area contributed by atoms with Crippen LogP contribution in [0.5, 0.6) is 0 Å². The molecule has 0 spiro atoms. The Bertz CT molecular complexity index is 1390. The van der Waals surface area contributed by atoms with Crippen LogP contribution in [0.3, 0.4) is 0 Å². The van der Waals surface area contributed by atoms with Gasteiger partial charge in [0.25, 0.3) is 0 Å². The van der Waals surface area contributed by atoms with Gasteiger partial charge in [0, 0.05) is 35.9 Å². The number of aromatic nitrogens is 2. The summed E-state index contributed by atoms with van der Waals surface area (Å²) in [7, 11) is 0. The summed E-state index contributed by atoms with van der Waals surface area (Å²) >= 11 is 0. The highest BCUT2D eigenvalue weighted by Crippen LogP contribution is 2.32. The van der Waals surface area contributed by atoms with E-state index >= 15 is 0 Å². The lowest BCUT2D eigenvalue weighted by Gasteiger charge is -2.12. The summed E-state index contributed by atoms with van der Waals surface area (Å²) in [6.45, 7) is 2.16. The van der Waals surface area contributed by atoms with Gasteiger partial charge in [-0.2, -0.15) is 0 Å². The number of benzene rings is 3. The molecule has 5 rings (SSSR count). The highest BCUT2D eigenvalue weighted by Gasteiger charge is 2.09. The Morgan fingerprint density at radius 3 is 1.82 bits per heavy atom. The van der Waals surface area contributed by atoms with Crippen LogP contribution in [0.15, 0.2) is 116 Å². The maximum atomic E-state index is 4.32. The van der Waals surface area contributed by atoms with E-state index in [0.717, 1.165) is 11.1 Å². The van der Waals surface area contributed by atoms with E-state index in [1.165, 1.54) is 38.9 Å². The van der Waals surface area contributed by atoms with Crippen LogP contribution >= 0.6 is 0 Å². The molecule has 2 heteroatoms. The molecule has 0 atom stereocenters. The van der Waals surface area contributed by atoms with Gasteiger partial charge in [0.05, 0.1) is 0 Å². The Kier molecular flexibility index (Phi) is 5.90. The lowest BCUT2D eigenvalue weighted by molar-refractivity contribution is 1.32. The fraction of sp³-hybridized carbons (Fsp3) is 0.0323. The van der Waals surface area contributed by atoms with E-state index in [4.69, 9.17) is 0 Å². The van der Waals surface area contributed by atoms with Crippen molar-refractivity contribution < 1.29 is 0 Å². The quantitative estimate of drug-likeness (QED) is 0.267. The van der Waals surface area contributed by atoms with Crippen LogP contribution in [0.1, 0.15) is 16.7 Å². The van der Waals surface area contributed by atoms with E-state index in [1.54, 1.807) is 0 Å². The standard InChI is InChI=1S/C31H24N2/c1-23-19-25(13-15-30(23)28-9-5-17-32-21-28)26-14-16-31(29-10-6-18-33-22-29)27(20-26)12-11-24-7-3-2-4-8-24/h2-22H,1H3/b12-11+. The van der Waals surface area contributed by atoms with E-state index in [2.05, 4.69) is 102 Å². The van der Waals surface area contributed by atoms with Crippen molar-refractivity contribution in [2.75, 3.05) is 0 Å². The molecule has 0 bridgehead atoms. The molecule has 0 amide bonds. The van der Waals surface area contributed by atoms with Crippen LogP contribution in [0.4, 0.5) is 0 Å². The predicted molar refractivity (Wildman–Crippen MR) is 138 cm³/mol. The van der Waals surface area contributed by atoms with Crippen molar-refractivity contribution in [1.29, 1.82) is 0 Å². The molecule has 33 heavy (non-hydrogen) atoms. The van der Waals surface area contributed by atoms with E-state index < -0.39 is 0 Å². The van der Waals surface area contributed by atoms with Gasteiger partial charge in [-0.05, 0) is 64.1 Å². The fourth-order valence-corrected chi connectivity index (χ4v) is 4.10. The molecule has 2 aromatic heterocycles. The van der Waals surface area contributed by atoms with Crippen LogP contribution in [0, 0.1) is 6.92 Å². The molecule has 158 valence electrons. The molecule has 0 aliphatic rings. The fourth-order valence-electron chi connectivity index (χ4n) is 4.10. The van der Waals surface area contributed by atoms with Crippen LogP contribution in [0.2, 0.25) is 0 Å². The minimum absolute atomic E-state index is 1.11. The summed E-state index contributed by atoms with van der Waals surface area (Å²) < 4.78 is 0. The van der Waals surface area contributed by atoms with Crippen molar-refractivity contribution in [3.05, 3.63) is 132 Å².